The van der Waals surface area contributed by atoms with Gasteiger partial charge in [-0.1, -0.05) is 38.1 Å². The van der Waals surface area contributed by atoms with E-state index in [4.69, 9.17) is 4.74 Å². The highest BCUT2D eigenvalue weighted by Crippen LogP contribution is 2.68. The second-order valence-electron chi connectivity index (χ2n) is 10.7. The van der Waals surface area contributed by atoms with E-state index in [0.29, 0.717) is 29.9 Å². The second-order valence-corrected chi connectivity index (χ2v) is 10.7. The number of carbonyl (C=O) groups excluding carboxylic acids is 1. The normalized spacial score (nSPS) is 44.6. The van der Waals surface area contributed by atoms with Gasteiger partial charge in [0.15, 0.2) is 0 Å². The van der Waals surface area contributed by atoms with Crippen LogP contribution in [0.25, 0.3) is 6.08 Å². The van der Waals surface area contributed by atoms with Crippen LogP contribution in [0.4, 0.5) is 0 Å². The Morgan fingerprint density at radius 2 is 1.93 bits per heavy atom. The zero-order chi connectivity index (χ0) is 20.0. The van der Waals surface area contributed by atoms with Crippen molar-refractivity contribution in [2.75, 3.05) is 0 Å². The number of fused-ring (bicyclic) bond motifs is 7. The summed E-state index contributed by atoms with van der Waals surface area (Å²) < 4.78 is 6.05. The molecule has 6 rings (SSSR count). The molecule has 3 fully saturated rings. The average molecular weight is 391 g/mol. The van der Waals surface area contributed by atoms with Gasteiger partial charge in [-0.05, 0) is 90.5 Å². The maximum atomic E-state index is 12.0. The van der Waals surface area contributed by atoms with E-state index in [-0.39, 0.29) is 22.4 Å². The predicted molar refractivity (Wildman–Crippen MR) is 112 cm³/mol. The minimum Gasteiger partial charge on any atom is -0.508 e. The fraction of sp³-hybridized carbons (Fsp3) is 0.577. The molecule has 2 saturated carbocycles. The third-order valence-electron chi connectivity index (χ3n) is 9.64. The Hall–Kier alpha value is -2.03. The summed E-state index contributed by atoms with van der Waals surface area (Å²) in [5.41, 5.74) is 3.98. The third kappa shape index (κ3) is 2.17. The van der Waals surface area contributed by atoms with Gasteiger partial charge < -0.3 is 9.84 Å². The Kier molecular flexibility index (Phi) is 3.41. The molecule has 29 heavy (non-hydrogen) atoms. The molecule has 1 N–H and O–H groups in total. The van der Waals surface area contributed by atoms with Crippen molar-refractivity contribution in [2.24, 2.45) is 28.6 Å². The Morgan fingerprint density at radius 1 is 1.10 bits per heavy atom. The van der Waals surface area contributed by atoms with Crippen LogP contribution in [0.15, 0.2) is 35.9 Å². The summed E-state index contributed by atoms with van der Waals surface area (Å²) in [6.45, 7) is 4.87. The zero-order valence-corrected chi connectivity index (χ0v) is 17.4. The van der Waals surface area contributed by atoms with E-state index in [1.165, 1.54) is 29.5 Å². The Bertz CT molecular complexity index is 974. The predicted octanol–water partition coefficient (Wildman–Crippen LogP) is 5.43. The average Bonchev–Trinajstić information content (AvgIpc) is 3.21. The van der Waals surface area contributed by atoms with Crippen molar-refractivity contribution in [3.05, 3.63) is 47.1 Å². The van der Waals surface area contributed by atoms with Gasteiger partial charge in [-0.15, -0.1) is 0 Å². The third-order valence-corrected chi connectivity index (χ3v) is 9.64. The largest absolute Gasteiger partial charge is 0.508 e. The molecule has 0 aromatic heterocycles. The summed E-state index contributed by atoms with van der Waals surface area (Å²) in [5.74, 6) is 2.15. The van der Waals surface area contributed by atoms with Crippen LogP contribution in [0.5, 0.6) is 5.75 Å². The number of phenolic OH excluding ortho intramolecular Hbond substituents is 1. The SMILES string of the molecule is C[C@]12Cc3ccc(O)cc3C=C1C=C[C@@H]1[C@@H]2CC[C@@]2(C)[C@H]1CC[C@@]21CCC(=O)O1. The van der Waals surface area contributed by atoms with Crippen LogP contribution in [0.1, 0.15) is 63.5 Å². The summed E-state index contributed by atoms with van der Waals surface area (Å²) in [6.07, 6.45) is 14.3. The number of benzene rings is 1. The van der Waals surface area contributed by atoms with Crippen LogP contribution in [-0.4, -0.2) is 16.7 Å². The van der Waals surface area contributed by atoms with E-state index in [9.17, 15) is 9.90 Å². The van der Waals surface area contributed by atoms with Gasteiger partial charge in [0.1, 0.15) is 11.4 Å². The van der Waals surface area contributed by atoms with Crippen molar-refractivity contribution in [3.8, 4) is 5.75 Å². The van der Waals surface area contributed by atoms with Crippen LogP contribution in [0.3, 0.4) is 0 Å². The topological polar surface area (TPSA) is 46.5 Å². The molecule has 5 aliphatic rings. The molecular formula is C26H30O3. The van der Waals surface area contributed by atoms with Crippen molar-refractivity contribution >= 4 is 12.0 Å². The van der Waals surface area contributed by atoms with Crippen molar-refractivity contribution < 1.29 is 14.6 Å². The highest BCUT2D eigenvalue weighted by atomic mass is 16.6. The molecule has 152 valence electrons. The van der Waals surface area contributed by atoms with Gasteiger partial charge in [0.25, 0.3) is 0 Å². The fourth-order valence-corrected chi connectivity index (χ4v) is 8.01. The second kappa shape index (κ2) is 5.56. The molecule has 1 heterocycles. The number of phenols is 1. The summed E-state index contributed by atoms with van der Waals surface area (Å²) >= 11 is 0. The van der Waals surface area contributed by atoms with Gasteiger partial charge in [0.2, 0.25) is 0 Å². The van der Waals surface area contributed by atoms with Crippen LogP contribution in [-0.2, 0) is 16.0 Å². The zero-order valence-electron chi connectivity index (χ0n) is 17.4. The van der Waals surface area contributed by atoms with E-state index in [1.54, 1.807) is 0 Å². The first-order valence-electron chi connectivity index (χ1n) is 11.3. The van der Waals surface area contributed by atoms with Gasteiger partial charge in [-0.3, -0.25) is 4.79 Å². The van der Waals surface area contributed by atoms with Crippen molar-refractivity contribution in [3.63, 3.8) is 0 Å². The van der Waals surface area contributed by atoms with Gasteiger partial charge >= 0.3 is 5.97 Å². The quantitative estimate of drug-likeness (QED) is 0.601. The summed E-state index contributed by atoms with van der Waals surface area (Å²) in [4.78, 5) is 12.0. The van der Waals surface area contributed by atoms with Crippen LogP contribution in [0, 0.1) is 28.6 Å². The molecule has 1 saturated heterocycles. The van der Waals surface area contributed by atoms with Gasteiger partial charge in [0, 0.05) is 11.8 Å². The number of carbonyl (C=O) groups is 1. The van der Waals surface area contributed by atoms with Crippen LogP contribution in [0.2, 0.25) is 0 Å². The van der Waals surface area contributed by atoms with E-state index in [2.05, 4.69) is 38.1 Å². The molecule has 6 atom stereocenters. The number of allylic oxidation sites excluding steroid dienone is 3. The first-order valence-corrected chi connectivity index (χ1v) is 11.3. The highest BCUT2D eigenvalue weighted by Gasteiger charge is 2.66. The number of esters is 1. The van der Waals surface area contributed by atoms with E-state index >= 15 is 0 Å². The van der Waals surface area contributed by atoms with Crippen molar-refractivity contribution in [1.82, 2.24) is 0 Å². The summed E-state index contributed by atoms with van der Waals surface area (Å²) in [5, 5.41) is 9.90. The molecular weight excluding hydrogens is 360 g/mol. The Balaban J connectivity index is 1.39. The number of hydrogen-bond donors (Lipinski definition) is 1. The molecule has 1 aromatic rings. The van der Waals surface area contributed by atoms with Gasteiger partial charge in [-0.2, -0.15) is 0 Å². The molecule has 0 radical (unpaired) electrons. The van der Waals surface area contributed by atoms with E-state index < -0.39 is 0 Å². The standard InChI is InChI=1S/C26H30O3/c1-24-15-16-3-5-19(27)14-17(16)13-18(24)4-6-20-21(24)7-10-25(2)22(20)8-11-26(25)12-9-23(28)29-26/h3-6,13-14,20-22,27H,7-12,15H2,1-2H3/t20-,21+,22+,24+,25+,26-/m1/s1. The molecule has 4 aliphatic carbocycles. The van der Waals surface area contributed by atoms with E-state index in [0.717, 1.165) is 25.7 Å². The first kappa shape index (κ1) is 17.8. The minimum atomic E-state index is -0.207. The molecule has 1 aromatic carbocycles. The minimum absolute atomic E-state index is 0.0116. The van der Waals surface area contributed by atoms with E-state index in [1.807, 2.05) is 12.1 Å². The van der Waals surface area contributed by atoms with Gasteiger partial charge in [-0.25, -0.2) is 0 Å². The molecule has 1 aliphatic heterocycles. The maximum absolute atomic E-state index is 12.0. The number of hydrogen-bond acceptors (Lipinski definition) is 3. The van der Waals surface area contributed by atoms with Crippen LogP contribution >= 0.6 is 0 Å². The number of rotatable bonds is 0. The lowest BCUT2D eigenvalue weighted by Gasteiger charge is -2.57. The highest BCUT2D eigenvalue weighted by molar-refractivity contribution is 5.72. The smallest absolute Gasteiger partial charge is 0.306 e. The Labute approximate surface area is 172 Å². The van der Waals surface area contributed by atoms with Crippen molar-refractivity contribution in [1.29, 1.82) is 0 Å². The lowest BCUT2D eigenvalue weighted by Crippen LogP contribution is -2.54. The van der Waals surface area contributed by atoms with Crippen molar-refractivity contribution in [2.45, 2.75) is 64.4 Å². The van der Waals surface area contributed by atoms with Gasteiger partial charge in [0.05, 0.1) is 0 Å². The number of aromatic hydroxyl groups is 1. The summed E-state index contributed by atoms with van der Waals surface area (Å²) in [7, 11) is 0. The monoisotopic (exact) mass is 390 g/mol. The number of ether oxygens (including phenoxy) is 1. The first-order chi connectivity index (χ1) is 13.8. The molecule has 0 bridgehead atoms. The molecule has 1 spiro atoms. The Morgan fingerprint density at radius 3 is 2.72 bits per heavy atom. The molecule has 3 nitrogen and oxygen atoms in total. The lowest BCUT2D eigenvalue weighted by molar-refractivity contribution is -0.165. The summed E-state index contributed by atoms with van der Waals surface area (Å²) in [6, 6.07) is 5.82. The fourth-order valence-electron chi connectivity index (χ4n) is 8.01. The molecule has 3 heteroatoms. The lowest BCUT2D eigenvalue weighted by atomic mass is 9.48. The van der Waals surface area contributed by atoms with Crippen LogP contribution < -0.4 is 0 Å². The molecule has 0 amide bonds. The molecule has 0 unspecified atom stereocenters. The maximum Gasteiger partial charge on any atom is 0.306 e.